The van der Waals surface area contributed by atoms with E-state index in [1.807, 2.05) is 13.8 Å². The Labute approximate surface area is 119 Å². The van der Waals surface area contributed by atoms with E-state index in [1.54, 1.807) is 20.8 Å². The topological polar surface area (TPSA) is 98.7 Å². The molecule has 7 nitrogen and oxygen atoms in total. The molecule has 3 N–H and O–H groups in total. The van der Waals surface area contributed by atoms with Crippen molar-refractivity contribution in [2.45, 2.75) is 46.7 Å². The van der Waals surface area contributed by atoms with Crippen molar-refractivity contribution in [3.8, 4) is 0 Å². The van der Waals surface area contributed by atoms with Crippen LogP contribution in [0, 0.1) is 5.92 Å². The summed E-state index contributed by atoms with van der Waals surface area (Å²) in [7, 11) is 0. The van der Waals surface area contributed by atoms with Crippen LogP contribution in [0.3, 0.4) is 0 Å². The Bertz CT molecular complexity index is 356. The third-order valence-corrected chi connectivity index (χ3v) is 2.61. The van der Waals surface area contributed by atoms with Gasteiger partial charge in [-0.2, -0.15) is 0 Å². The van der Waals surface area contributed by atoms with Crippen LogP contribution in [-0.4, -0.2) is 53.1 Å². The monoisotopic (exact) mass is 287 g/mol. The van der Waals surface area contributed by atoms with Gasteiger partial charge >= 0.3 is 12.0 Å². The van der Waals surface area contributed by atoms with E-state index in [0.29, 0.717) is 12.5 Å². The van der Waals surface area contributed by atoms with E-state index in [2.05, 4.69) is 10.6 Å². The van der Waals surface area contributed by atoms with Crippen molar-refractivity contribution in [2.75, 3.05) is 13.1 Å². The van der Waals surface area contributed by atoms with E-state index in [0.717, 1.165) is 4.90 Å². The Morgan fingerprint density at radius 1 is 1.10 bits per heavy atom. The predicted octanol–water partition coefficient (Wildman–Crippen LogP) is 0.652. The van der Waals surface area contributed by atoms with Gasteiger partial charge in [0.15, 0.2) is 0 Å². The lowest BCUT2D eigenvalue weighted by atomic mass is 10.2. The fraction of sp³-hybridized carbons (Fsp3) is 0.769. The van der Waals surface area contributed by atoms with Crippen LogP contribution in [0.4, 0.5) is 4.79 Å². The molecule has 3 amide bonds. The molecule has 116 valence electrons. The average molecular weight is 287 g/mol. The minimum Gasteiger partial charge on any atom is -0.480 e. The number of carbonyl (C=O) groups is 3. The molecule has 0 aromatic heterocycles. The predicted molar refractivity (Wildman–Crippen MR) is 75.3 cm³/mol. The van der Waals surface area contributed by atoms with Crippen LogP contribution in [0.1, 0.15) is 34.6 Å². The number of carboxylic acids is 1. The van der Waals surface area contributed by atoms with E-state index in [1.165, 1.54) is 0 Å². The van der Waals surface area contributed by atoms with Crippen molar-refractivity contribution in [2.24, 2.45) is 5.92 Å². The minimum atomic E-state index is -1.09. The van der Waals surface area contributed by atoms with E-state index in [9.17, 15) is 14.4 Å². The summed E-state index contributed by atoms with van der Waals surface area (Å²) in [5.74, 6) is -1.06. The highest BCUT2D eigenvalue weighted by molar-refractivity contribution is 5.87. The summed E-state index contributed by atoms with van der Waals surface area (Å²) in [5, 5.41) is 14.0. The molecule has 0 spiro atoms. The number of rotatable bonds is 7. The molecule has 0 radical (unpaired) electrons. The van der Waals surface area contributed by atoms with Gasteiger partial charge in [0, 0.05) is 12.6 Å². The molecule has 0 fully saturated rings. The highest BCUT2D eigenvalue weighted by Gasteiger charge is 2.23. The summed E-state index contributed by atoms with van der Waals surface area (Å²) in [6, 6.07) is -1.54. The highest BCUT2D eigenvalue weighted by Crippen LogP contribution is 2.00. The summed E-state index contributed by atoms with van der Waals surface area (Å²) in [4.78, 5) is 35.6. The maximum atomic E-state index is 11.9. The number of nitrogens with one attached hydrogen (secondary N) is 2. The molecule has 0 heterocycles. The number of nitrogens with zero attached hydrogens (tertiary/aromatic N) is 1. The smallest absolute Gasteiger partial charge is 0.323 e. The fourth-order valence-corrected chi connectivity index (χ4v) is 1.43. The molecule has 1 unspecified atom stereocenters. The second-order valence-corrected chi connectivity index (χ2v) is 5.43. The summed E-state index contributed by atoms with van der Waals surface area (Å²) in [6.45, 7) is 9.06. The number of urea groups is 1. The first kappa shape index (κ1) is 18.2. The van der Waals surface area contributed by atoms with Gasteiger partial charge in [0.05, 0.1) is 0 Å². The molecular formula is C13H25N3O4. The van der Waals surface area contributed by atoms with Crippen LogP contribution in [0.2, 0.25) is 0 Å². The summed E-state index contributed by atoms with van der Waals surface area (Å²) in [6.07, 6.45) is 0. The zero-order valence-corrected chi connectivity index (χ0v) is 12.8. The van der Waals surface area contributed by atoms with Gasteiger partial charge in [-0.15, -0.1) is 0 Å². The minimum absolute atomic E-state index is 0.267. The number of carbonyl (C=O) groups excluding carboxylic acids is 2. The third kappa shape index (κ3) is 6.96. The molecule has 0 aliphatic heterocycles. The molecular weight excluding hydrogens is 262 g/mol. The van der Waals surface area contributed by atoms with Gasteiger partial charge in [0.25, 0.3) is 0 Å². The molecule has 0 saturated heterocycles. The molecule has 0 aromatic rings. The zero-order valence-electron chi connectivity index (χ0n) is 12.8. The Balaban J connectivity index is 4.47. The second-order valence-electron chi connectivity index (χ2n) is 5.43. The molecule has 0 bridgehead atoms. The van der Waals surface area contributed by atoms with Crippen molar-refractivity contribution < 1.29 is 19.5 Å². The van der Waals surface area contributed by atoms with E-state index < -0.39 is 24.6 Å². The maximum absolute atomic E-state index is 11.9. The number of hydrogen-bond acceptors (Lipinski definition) is 3. The third-order valence-electron chi connectivity index (χ3n) is 2.61. The molecule has 0 aliphatic carbocycles. The molecule has 20 heavy (non-hydrogen) atoms. The molecule has 7 heteroatoms. The van der Waals surface area contributed by atoms with Gasteiger partial charge in [-0.3, -0.25) is 9.59 Å². The van der Waals surface area contributed by atoms with Crippen molar-refractivity contribution in [3.05, 3.63) is 0 Å². The standard InChI is InChI=1S/C13H25N3O4/c1-8(2)6-14-12(19)10(5)15-13(20)16(9(3)4)7-11(17)18/h8-10H,6-7H2,1-5H3,(H,14,19)(H,15,20)(H,17,18). The van der Waals surface area contributed by atoms with Gasteiger partial charge in [-0.25, -0.2) is 4.79 Å². The lowest BCUT2D eigenvalue weighted by molar-refractivity contribution is -0.138. The van der Waals surface area contributed by atoms with Gasteiger partial charge < -0.3 is 20.6 Å². The number of aliphatic carboxylic acids is 1. The first-order valence-electron chi connectivity index (χ1n) is 6.71. The van der Waals surface area contributed by atoms with Crippen molar-refractivity contribution in [1.82, 2.24) is 15.5 Å². The molecule has 0 saturated carbocycles. The molecule has 0 rings (SSSR count). The first-order valence-corrected chi connectivity index (χ1v) is 6.71. The Kier molecular flexibility index (Phi) is 7.64. The first-order chi connectivity index (χ1) is 9.15. The molecule has 0 aliphatic rings. The summed E-state index contributed by atoms with van der Waals surface area (Å²) < 4.78 is 0. The van der Waals surface area contributed by atoms with E-state index in [4.69, 9.17) is 5.11 Å². The largest absolute Gasteiger partial charge is 0.480 e. The van der Waals surface area contributed by atoms with E-state index >= 15 is 0 Å². The Morgan fingerprint density at radius 2 is 1.65 bits per heavy atom. The fourth-order valence-electron chi connectivity index (χ4n) is 1.43. The van der Waals surface area contributed by atoms with Gasteiger partial charge in [0.2, 0.25) is 5.91 Å². The van der Waals surface area contributed by atoms with Crippen LogP contribution in [0.15, 0.2) is 0 Å². The summed E-state index contributed by atoms with van der Waals surface area (Å²) >= 11 is 0. The lowest BCUT2D eigenvalue weighted by Gasteiger charge is -2.26. The van der Waals surface area contributed by atoms with Gasteiger partial charge in [-0.1, -0.05) is 13.8 Å². The lowest BCUT2D eigenvalue weighted by Crippen LogP contribution is -2.53. The van der Waals surface area contributed by atoms with E-state index in [-0.39, 0.29) is 11.9 Å². The normalized spacial score (nSPS) is 12.2. The van der Waals surface area contributed by atoms with Crippen LogP contribution < -0.4 is 10.6 Å². The van der Waals surface area contributed by atoms with Crippen LogP contribution in [-0.2, 0) is 9.59 Å². The highest BCUT2D eigenvalue weighted by atomic mass is 16.4. The Hall–Kier alpha value is -1.79. The van der Waals surface area contributed by atoms with Crippen molar-refractivity contribution >= 4 is 17.9 Å². The van der Waals surface area contributed by atoms with Crippen LogP contribution in [0.5, 0.6) is 0 Å². The van der Waals surface area contributed by atoms with Gasteiger partial charge in [0.1, 0.15) is 12.6 Å². The zero-order chi connectivity index (χ0) is 15.9. The SMILES string of the molecule is CC(C)CNC(=O)C(C)NC(=O)N(CC(=O)O)C(C)C. The van der Waals surface area contributed by atoms with Crippen LogP contribution >= 0.6 is 0 Å². The maximum Gasteiger partial charge on any atom is 0.323 e. The van der Waals surface area contributed by atoms with Gasteiger partial charge in [-0.05, 0) is 26.7 Å². The Morgan fingerprint density at radius 3 is 2.05 bits per heavy atom. The number of amides is 3. The van der Waals surface area contributed by atoms with Crippen molar-refractivity contribution in [1.29, 1.82) is 0 Å². The van der Waals surface area contributed by atoms with Crippen molar-refractivity contribution in [3.63, 3.8) is 0 Å². The second kappa shape index (κ2) is 8.39. The molecule has 0 aromatic carbocycles. The average Bonchev–Trinajstić information content (AvgIpc) is 2.31. The quantitative estimate of drug-likeness (QED) is 0.640. The summed E-state index contributed by atoms with van der Waals surface area (Å²) in [5.41, 5.74) is 0. The number of carboxylic acid groups (broad SMARTS) is 1. The molecule has 1 atom stereocenters. The number of hydrogen-bond donors (Lipinski definition) is 3. The van der Waals surface area contributed by atoms with Crippen LogP contribution in [0.25, 0.3) is 0 Å².